The van der Waals surface area contributed by atoms with E-state index >= 15 is 0 Å². The molecule has 0 radical (unpaired) electrons. The first-order valence-electron chi connectivity index (χ1n) is 8.16. The zero-order chi connectivity index (χ0) is 20.1. The first-order valence-corrected chi connectivity index (χ1v) is 8.89. The number of likely N-dealkylation sites (N-methyl/N-ethyl adjacent to an activating group) is 1. The lowest BCUT2D eigenvalue weighted by Gasteiger charge is -2.17. The van der Waals surface area contributed by atoms with E-state index in [0.29, 0.717) is 11.6 Å². The molecule has 1 aromatic heterocycles. The first-order chi connectivity index (χ1) is 13.5. The van der Waals surface area contributed by atoms with Gasteiger partial charge in [-0.15, -0.1) is 0 Å². The van der Waals surface area contributed by atoms with Crippen molar-refractivity contribution in [1.82, 2.24) is 13.6 Å². The molecule has 3 rings (SSSR count). The van der Waals surface area contributed by atoms with Gasteiger partial charge in [0.15, 0.2) is 17.4 Å². The average molecular weight is 399 g/mol. The molecule has 4 N–H and O–H groups in total. The summed E-state index contributed by atoms with van der Waals surface area (Å²) >= 11 is 0.986. The monoisotopic (exact) mass is 399 g/mol. The van der Waals surface area contributed by atoms with Crippen LogP contribution in [0.1, 0.15) is 10.4 Å². The highest BCUT2D eigenvalue weighted by Crippen LogP contribution is 2.33. The van der Waals surface area contributed by atoms with Crippen LogP contribution in [0.3, 0.4) is 0 Å². The fraction of sp³-hybridized carbons (Fsp3) is 0.111. The Morgan fingerprint density at radius 3 is 2.39 bits per heavy atom. The highest BCUT2D eigenvalue weighted by molar-refractivity contribution is 6.99. The predicted octanol–water partition coefficient (Wildman–Crippen LogP) is 2.89. The number of carbonyl (C=O) groups excluding carboxylic acids is 1. The van der Waals surface area contributed by atoms with Crippen LogP contribution in [0.4, 0.5) is 23.0 Å². The minimum absolute atomic E-state index is 0.0190. The van der Waals surface area contributed by atoms with Crippen molar-refractivity contribution >= 4 is 46.6 Å². The van der Waals surface area contributed by atoms with Gasteiger partial charge in [-0.3, -0.25) is 9.59 Å². The molecule has 9 nitrogen and oxygen atoms in total. The number of aromatic nitrogens is 2. The van der Waals surface area contributed by atoms with E-state index in [1.165, 1.54) is 13.1 Å². The van der Waals surface area contributed by atoms with Crippen LogP contribution in [-0.2, 0) is 4.79 Å². The Bertz CT molecular complexity index is 993. The molecule has 0 fully saturated rings. The van der Waals surface area contributed by atoms with Gasteiger partial charge in [-0.2, -0.15) is 8.75 Å². The van der Waals surface area contributed by atoms with Gasteiger partial charge in [0.05, 0.1) is 23.0 Å². The van der Waals surface area contributed by atoms with Crippen molar-refractivity contribution in [2.75, 3.05) is 24.2 Å². The lowest BCUT2D eigenvalue weighted by Crippen LogP contribution is -2.32. The van der Waals surface area contributed by atoms with Crippen LogP contribution in [0.25, 0.3) is 0 Å². The molecule has 0 aliphatic rings. The summed E-state index contributed by atoms with van der Waals surface area (Å²) in [4.78, 5) is 24.2. The molecule has 0 atom stereocenters. The van der Waals surface area contributed by atoms with E-state index in [4.69, 9.17) is 5.11 Å². The molecule has 10 heteroatoms. The van der Waals surface area contributed by atoms with Crippen LogP contribution in [0, 0.1) is 0 Å². The fourth-order valence-corrected chi connectivity index (χ4v) is 2.90. The third kappa shape index (κ3) is 4.35. The number of aliphatic carboxylic acids is 1. The predicted molar refractivity (Wildman–Crippen MR) is 106 cm³/mol. The number of aromatic hydroxyl groups is 1. The summed E-state index contributed by atoms with van der Waals surface area (Å²) < 4.78 is 8.36. The lowest BCUT2D eigenvalue weighted by molar-refractivity contribution is -0.137. The first kappa shape index (κ1) is 19.1. The fourth-order valence-electron chi connectivity index (χ4n) is 2.44. The Balaban J connectivity index is 1.82. The number of amides is 1. The smallest absolute Gasteiger partial charge is 0.323 e. The molecular weight excluding hydrogens is 382 g/mol. The Hall–Kier alpha value is -3.66. The van der Waals surface area contributed by atoms with E-state index in [1.54, 1.807) is 12.1 Å². The number of carbonyl (C=O) groups is 2. The summed E-state index contributed by atoms with van der Waals surface area (Å²) in [6.45, 7) is -0.475. The van der Waals surface area contributed by atoms with Gasteiger partial charge in [-0.25, -0.2) is 0 Å². The minimum atomic E-state index is -1.14. The third-order valence-electron chi connectivity index (χ3n) is 3.76. The maximum atomic E-state index is 12.4. The maximum Gasteiger partial charge on any atom is 0.323 e. The number of rotatable bonds is 7. The van der Waals surface area contributed by atoms with Crippen LogP contribution in [0.2, 0.25) is 0 Å². The molecular formula is C18H17N5O4S. The molecule has 3 aromatic rings. The minimum Gasteiger partial charge on any atom is -0.505 e. The highest BCUT2D eigenvalue weighted by Gasteiger charge is 2.20. The topological polar surface area (TPSA) is 128 Å². The number of nitrogens with one attached hydrogen (secondary N) is 2. The summed E-state index contributed by atoms with van der Waals surface area (Å²) in [6.07, 6.45) is 0. The van der Waals surface area contributed by atoms with Crippen LogP contribution < -0.4 is 10.6 Å². The summed E-state index contributed by atoms with van der Waals surface area (Å²) in [5, 5.41) is 25.4. The number of carboxylic acid groups (broad SMARTS) is 1. The Kier molecular flexibility index (Phi) is 5.70. The molecule has 1 amide bonds. The number of para-hydroxylation sites is 2. The second-order valence-electron chi connectivity index (χ2n) is 5.83. The summed E-state index contributed by atoms with van der Waals surface area (Å²) in [7, 11) is 1.35. The molecule has 0 spiro atoms. The maximum absolute atomic E-state index is 12.4. The summed E-state index contributed by atoms with van der Waals surface area (Å²) in [6, 6.07) is 14.0. The number of nitrogens with zero attached hydrogens (tertiary/aromatic N) is 3. The van der Waals surface area contributed by atoms with E-state index < -0.39 is 18.4 Å². The zero-order valence-electron chi connectivity index (χ0n) is 14.8. The van der Waals surface area contributed by atoms with Crippen molar-refractivity contribution in [2.45, 2.75) is 0 Å². The Labute approximate surface area is 164 Å². The van der Waals surface area contributed by atoms with Crippen LogP contribution >= 0.6 is 11.7 Å². The molecule has 2 aromatic carbocycles. The van der Waals surface area contributed by atoms with Crippen molar-refractivity contribution in [3.63, 3.8) is 0 Å². The number of carboxylic acids is 1. The van der Waals surface area contributed by atoms with Crippen molar-refractivity contribution in [1.29, 1.82) is 0 Å². The molecule has 144 valence electrons. The quantitative estimate of drug-likeness (QED) is 0.447. The van der Waals surface area contributed by atoms with E-state index in [9.17, 15) is 14.7 Å². The normalized spacial score (nSPS) is 10.3. The van der Waals surface area contributed by atoms with Crippen LogP contribution in [-0.4, -0.2) is 49.3 Å². The standard InChI is InChI=1S/C18H17N5O4S/c1-23(10-14(24)25)18(27)12-8-5-9-13(15(12)26)20-17-16(21-28-22-17)19-11-6-3-2-4-7-11/h2-9,26H,10H2,1H3,(H,19,21)(H,20,22)(H,24,25). The van der Waals surface area contributed by atoms with Gasteiger partial charge in [-0.1, -0.05) is 24.3 Å². The average Bonchev–Trinajstić information content (AvgIpc) is 3.10. The number of phenolic OH excluding ortho intramolecular Hbond substituents is 1. The molecule has 1 heterocycles. The molecule has 0 aliphatic heterocycles. The number of anilines is 4. The highest BCUT2D eigenvalue weighted by atomic mass is 32.1. The van der Waals surface area contributed by atoms with Gasteiger partial charge in [0.2, 0.25) is 0 Å². The van der Waals surface area contributed by atoms with Gasteiger partial charge in [0.25, 0.3) is 5.91 Å². The van der Waals surface area contributed by atoms with Gasteiger partial charge in [0.1, 0.15) is 6.54 Å². The van der Waals surface area contributed by atoms with E-state index in [2.05, 4.69) is 19.4 Å². The van der Waals surface area contributed by atoms with Gasteiger partial charge in [0, 0.05) is 12.7 Å². The number of hydrogen-bond acceptors (Lipinski definition) is 8. The SMILES string of the molecule is CN(CC(=O)O)C(=O)c1cccc(Nc2nsnc2Nc2ccccc2)c1O. The van der Waals surface area contributed by atoms with Crippen molar-refractivity contribution in [3.05, 3.63) is 54.1 Å². The van der Waals surface area contributed by atoms with E-state index in [0.717, 1.165) is 22.3 Å². The summed E-state index contributed by atoms with van der Waals surface area (Å²) in [5.41, 5.74) is 1.05. The second kappa shape index (κ2) is 8.35. The molecule has 0 saturated carbocycles. The van der Waals surface area contributed by atoms with Gasteiger partial charge in [-0.05, 0) is 24.3 Å². The largest absolute Gasteiger partial charge is 0.505 e. The van der Waals surface area contributed by atoms with E-state index in [-0.39, 0.29) is 17.0 Å². The van der Waals surface area contributed by atoms with Crippen molar-refractivity contribution in [2.24, 2.45) is 0 Å². The summed E-state index contributed by atoms with van der Waals surface area (Å²) in [5.74, 6) is -1.20. The molecule has 0 aliphatic carbocycles. The lowest BCUT2D eigenvalue weighted by atomic mass is 10.1. The molecule has 28 heavy (non-hydrogen) atoms. The second-order valence-corrected chi connectivity index (χ2v) is 6.36. The molecule has 0 bridgehead atoms. The molecule has 0 unspecified atom stereocenters. The molecule has 0 saturated heterocycles. The van der Waals surface area contributed by atoms with Gasteiger partial charge >= 0.3 is 5.97 Å². The van der Waals surface area contributed by atoms with Crippen LogP contribution in [0.5, 0.6) is 5.75 Å². The Morgan fingerprint density at radius 2 is 1.71 bits per heavy atom. The van der Waals surface area contributed by atoms with Crippen LogP contribution in [0.15, 0.2) is 48.5 Å². The third-order valence-corrected chi connectivity index (χ3v) is 4.29. The Morgan fingerprint density at radius 1 is 1.04 bits per heavy atom. The number of benzene rings is 2. The number of hydrogen-bond donors (Lipinski definition) is 4. The van der Waals surface area contributed by atoms with E-state index in [1.807, 2.05) is 30.3 Å². The zero-order valence-corrected chi connectivity index (χ0v) is 15.6. The van der Waals surface area contributed by atoms with Crippen molar-refractivity contribution < 1.29 is 19.8 Å². The number of phenols is 1. The van der Waals surface area contributed by atoms with Crippen molar-refractivity contribution in [3.8, 4) is 5.75 Å². The van der Waals surface area contributed by atoms with Gasteiger partial charge < -0.3 is 25.7 Å².